The zero-order valence-electron chi connectivity index (χ0n) is 9.96. The lowest BCUT2D eigenvalue weighted by Gasteiger charge is -2.29. The van der Waals surface area contributed by atoms with E-state index in [4.69, 9.17) is 28.9 Å². The SMILES string of the molecule is N[C@@H]1CCCC[C@H]1NC(=O)c1c(Cl)cccc1Cl. The van der Waals surface area contributed by atoms with Crippen LogP contribution < -0.4 is 11.1 Å². The minimum absolute atomic E-state index is 0.0126. The Morgan fingerprint density at radius 2 is 1.83 bits per heavy atom. The van der Waals surface area contributed by atoms with Crippen LogP contribution in [0.1, 0.15) is 36.0 Å². The molecule has 1 aliphatic rings. The summed E-state index contributed by atoms with van der Waals surface area (Å²) in [5.74, 6) is -0.243. The van der Waals surface area contributed by atoms with Crippen LogP contribution in [0.3, 0.4) is 0 Å². The molecule has 1 amide bonds. The van der Waals surface area contributed by atoms with Crippen molar-refractivity contribution in [3.63, 3.8) is 0 Å². The fourth-order valence-electron chi connectivity index (χ4n) is 2.29. The van der Waals surface area contributed by atoms with Crippen molar-refractivity contribution >= 4 is 29.1 Å². The Morgan fingerprint density at radius 1 is 1.22 bits per heavy atom. The molecule has 5 heteroatoms. The van der Waals surface area contributed by atoms with Crippen LogP contribution in [-0.2, 0) is 0 Å². The van der Waals surface area contributed by atoms with Gasteiger partial charge in [0, 0.05) is 12.1 Å². The van der Waals surface area contributed by atoms with Gasteiger partial charge in [-0.1, -0.05) is 42.1 Å². The largest absolute Gasteiger partial charge is 0.348 e. The van der Waals surface area contributed by atoms with E-state index in [0.29, 0.717) is 15.6 Å². The van der Waals surface area contributed by atoms with E-state index in [9.17, 15) is 4.79 Å². The Bertz CT molecular complexity index is 430. The molecule has 1 aromatic rings. The number of nitrogens with two attached hydrogens (primary N) is 1. The molecule has 0 aromatic heterocycles. The first-order valence-electron chi connectivity index (χ1n) is 6.10. The van der Waals surface area contributed by atoms with E-state index in [-0.39, 0.29) is 18.0 Å². The van der Waals surface area contributed by atoms with Crippen LogP contribution in [0, 0.1) is 0 Å². The molecule has 0 heterocycles. The van der Waals surface area contributed by atoms with Gasteiger partial charge >= 0.3 is 0 Å². The molecular weight excluding hydrogens is 271 g/mol. The third-order valence-corrected chi connectivity index (χ3v) is 3.96. The van der Waals surface area contributed by atoms with Crippen LogP contribution in [-0.4, -0.2) is 18.0 Å². The molecule has 2 atom stereocenters. The van der Waals surface area contributed by atoms with Crippen molar-refractivity contribution in [2.24, 2.45) is 5.73 Å². The van der Waals surface area contributed by atoms with Crippen molar-refractivity contribution in [2.45, 2.75) is 37.8 Å². The quantitative estimate of drug-likeness (QED) is 0.878. The molecule has 18 heavy (non-hydrogen) atoms. The van der Waals surface area contributed by atoms with Crippen molar-refractivity contribution in [3.8, 4) is 0 Å². The Labute approximate surface area is 117 Å². The zero-order valence-corrected chi connectivity index (χ0v) is 11.5. The highest BCUT2D eigenvalue weighted by Gasteiger charge is 2.25. The molecule has 3 N–H and O–H groups in total. The van der Waals surface area contributed by atoms with Crippen LogP contribution in [0.4, 0.5) is 0 Å². The van der Waals surface area contributed by atoms with Crippen molar-refractivity contribution < 1.29 is 4.79 Å². The van der Waals surface area contributed by atoms with E-state index in [2.05, 4.69) is 5.32 Å². The summed E-state index contributed by atoms with van der Waals surface area (Å²) in [6, 6.07) is 5.06. The number of rotatable bonds is 2. The van der Waals surface area contributed by atoms with E-state index < -0.39 is 0 Å². The maximum atomic E-state index is 12.2. The highest BCUT2D eigenvalue weighted by Crippen LogP contribution is 2.25. The summed E-state index contributed by atoms with van der Waals surface area (Å²) in [5, 5.41) is 3.66. The molecule has 0 aliphatic heterocycles. The van der Waals surface area contributed by atoms with Crippen molar-refractivity contribution in [2.75, 3.05) is 0 Å². The van der Waals surface area contributed by atoms with Gasteiger partial charge in [-0.05, 0) is 25.0 Å². The van der Waals surface area contributed by atoms with Gasteiger partial charge in [-0.3, -0.25) is 4.79 Å². The number of amides is 1. The molecule has 0 saturated heterocycles. The number of halogens is 2. The molecule has 1 fully saturated rings. The third-order valence-electron chi connectivity index (χ3n) is 3.33. The van der Waals surface area contributed by atoms with E-state index in [1.54, 1.807) is 18.2 Å². The first-order chi connectivity index (χ1) is 8.59. The fraction of sp³-hybridized carbons (Fsp3) is 0.462. The first-order valence-corrected chi connectivity index (χ1v) is 6.85. The second-order valence-corrected chi connectivity index (χ2v) is 5.44. The monoisotopic (exact) mass is 286 g/mol. The predicted octanol–water partition coefficient (Wildman–Crippen LogP) is 2.99. The summed E-state index contributed by atoms with van der Waals surface area (Å²) in [7, 11) is 0. The topological polar surface area (TPSA) is 55.1 Å². The normalized spacial score (nSPS) is 23.7. The molecule has 3 nitrogen and oxygen atoms in total. The summed E-state index contributed by atoms with van der Waals surface area (Å²) in [4.78, 5) is 12.2. The number of benzene rings is 1. The second kappa shape index (κ2) is 5.91. The molecule has 0 radical (unpaired) electrons. The molecular formula is C13H16Cl2N2O. The van der Waals surface area contributed by atoms with Gasteiger partial charge in [0.25, 0.3) is 5.91 Å². The van der Waals surface area contributed by atoms with Gasteiger partial charge in [-0.15, -0.1) is 0 Å². The molecule has 2 rings (SSSR count). The second-order valence-electron chi connectivity index (χ2n) is 4.62. The van der Waals surface area contributed by atoms with Crippen molar-refractivity contribution in [1.82, 2.24) is 5.32 Å². The van der Waals surface area contributed by atoms with Gasteiger partial charge in [0.05, 0.1) is 15.6 Å². The van der Waals surface area contributed by atoms with Gasteiger partial charge < -0.3 is 11.1 Å². The van der Waals surface area contributed by atoms with Gasteiger partial charge in [0.15, 0.2) is 0 Å². The lowest BCUT2D eigenvalue weighted by atomic mass is 9.91. The van der Waals surface area contributed by atoms with Gasteiger partial charge in [-0.25, -0.2) is 0 Å². The Balaban J connectivity index is 2.12. The minimum atomic E-state index is -0.243. The number of carbonyl (C=O) groups is 1. The lowest BCUT2D eigenvalue weighted by Crippen LogP contribution is -2.49. The molecule has 1 aromatic carbocycles. The van der Waals surface area contributed by atoms with Crippen LogP contribution >= 0.6 is 23.2 Å². The highest BCUT2D eigenvalue weighted by atomic mass is 35.5. The van der Waals surface area contributed by atoms with Gasteiger partial charge in [0.2, 0.25) is 0 Å². The van der Waals surface area contributed by atoms with E-state index in [1.807, 2.05) is 0 Å². The average molecular weight is 287 g/mol. The van der Waals surface area contributed by atoms with Crippen LogP contribution in [0.15, 0.2) is 18.2 Å². The zero-order chi connectivity index (χ0) is 13.1. The molecule has 1 saturated carbocycles. The summed E-state index contributed by atoms with van der Waals surface area (Å²) in [6.07, 6.45) is 4.07. The maximum Gasteiger partial charge on any atom is 0.254 e. The number of hydrogen-bond acceptors (Lipinski definition) is 2. The standard InChI is InChI=1S/C13H16Cl2N2O/c14-8-4-3-5-9(15)12(8)13(18)17-11-7-2-1-6-10(11)16/h3-5,10-11H,1-2,6-7,16H2,(H,17,18)/t10-,11-/m1/s1. The smallest absolute Gasteiger partial charge is 0.254 e. The highest BCUT2D eigenvalue weighted by molar-refractivity contribution is 6.39. The fourth-order valence-corrected chi connectivity index (χ4v) is 2.86. The van der Waals surface area contributed by atoms with Crippen LogP contribution in [0.5, 0.6) is 0 Å². The van der Waals surface area contributed by atoms with Crippen molar-refractivity contribution in [3.05, 3.63) is 33.8 Å². The molecule has 98 valence electrons. The first kappa shape index (κ1) is 13.7. The average Bonchev–Trinajstić information content (AvgIpc) is 2.32. The molecule has 0 spiro atoms. The Kier molecular flexibility index (Phi) is 4.49. The summed E-state index contributed by atoms with van der Waals surface area (Å²) >= 11 is 12.0. The van der Waals surface area contributed by atoms with Crippen molar-refractivity contribution in [1.29, 1.82) is 0 Å². The van der Waals surface area contributed by atoms with E-state index >= 15 is 0 Å². The summed E-state index contributed by atoms with van der Waals surface area (Å²) < 4.78 is 0. The van der Waals surface area contributed by atoms with E-state index in [0.717, 1.165) is 25.7 Å². The summed E-state index contributed by atoms with van der Waals surface area (Å²) in [6.45, 7) is 0. The summed E-state index contributed by atoms with van der Waals surface area (Å²) in [5.41, 5.74) is 6.33. The Morgan fingerprint density at radius 3 is 2.44 bits per heavy atom. The molecule has 1 aliphatic carbocycles. The van der Waals surface area contributed by atoms with Gasteiger partial charge in [0.1, 0.15) is 0 Å². The third kappa shape index (κ3) is 2.97. The molecule has 0 unspecified atom stereocenters. The lowest BCUT2D eigenvalue weighted by molar-refractivity contribution is 0.0921. The number of nitrogens with one attached hydrogen (secondary N) is 1. The van der Waals surface area contributed by atoms with Crippen LogP contribution in [0.25, 0.3) is 0 Å². The van der Waals surface area contributed by atoms with Gasteiger partial charge in [-0.2, -0.15) is 0 Å². The molecule has 0 bridgehead atoms. The minimum Gasteiger partial charge on any atom is -0.348 e. The maximum absolute atomic E-state index is 12.2. The number of hydrogen-bond donors (Lipinski definition) is 2. The van der Waals surface area contributed by atoms with Crippen LogP contribution in [0.2, 0.25) is 10.0 Å². The Hall–Kier alpha value is -0.770. The number of carbonyl (C=O) groups excluding carboxylic acids is 1. The van der Waals surface area contributed by atoms with E-state index in [1.165, 1.54) is 0 Å². The predicted molar refractivity (Wildman–Crippen MR) is 74.2 cm³/mol.